The van der Waals surface area contributed by atoms with Gasteiger partial charge < -0.3 is 9.84 Å². The Bertz CT molecular complexity index is 267. The monoisotopic (exact) mass is 217 g/mol. The smallest absolute Gasteiger partial charge is 0.208 e. The second kappa shape index (κ2) is 6.00. The number of aryl methyl sites for hydroxylation is 1. The molecule has 1 aromatic rings. The van der Waals surface area contributed by atoms with Gasteiger partial charge in [0.2, 0.25) is 5.16 Å². The number of nitrogens with zero attached hydrogens (tertiary/aromatic N) is 2. The van der Waals surface area contributed by atoms with E-state index in [0.29, 0.717) is 24.1 Å². The number of hydrogen-bond acceptors (Lipinski definition) is 5. The molecule has 5 nitrogen and oxygen atoms in total. The van der Waals surface area contributed by atoms with Crippen molar-refractivity contribution in [3.05, 3.63) is 5.82 Å². The van der Waals surface area contributed by atoms with Gasteiger partial charge in [0.1, 0.15) is 5.82 Å². The second-order valence-corrected chi connectivity index (χ2v) is 3.81. The minimum absolute atomic E-state index is 0.368. The molecule has 0 aromatic carbocycles. The number of nitrogens with one attached hydrogen (secondary N) is 1. The van der Waals surface area contributed by atoms with Crippen molar-refractivity contribution in [1.29, 1.82) is 0 Å². The Morgan fingerprint density at radius 3 is 3.00 bits per heavy atom. The van der Waals surface area contributed by atoms with Gasteiger partial charge in [0.05, 0.1) is 12.7 Å². The van der Waals surface area contributed by atoms with Crippen LogP contribution in [-0.2, 0) is 4.74 Å². The number of H-pyrrole nitrogens is 1. The van der Waals surface area contributed by atoms with E-state index in [-0.39, 0.29) is 0 Å². The standard InChI is InChI=1S/C8H15N3O2S/c1-3-13-4-7(12)5-14-8-9-6(2)10-11-8/h7,12H,3-5H2,1-2H3,(H,9,10,11). The molecule has 0 amide bonds. The zero-order valence-electron chi connectivity index (χ0n) is 8.36. The normalized spacial score (nSPS) is 13.1. The number of aromatic nitrogens is 3. The number of hydrogen-bond donors (Lipinski definition) is 2. The summed E-state index contributed by atoms with van der Waals surface area (Å²) in [7, 11) is 0. The van der Waals surface area contributed by atoms with Gasteiger partial charge in [-0.1, -0.05) is 11.8 Å². The van der Waals surface area contributed by atoms with E-state index in [9.17, 15) is 5.11 Å². The van der Waals surface area contributed by atoms with Crippen LogP contribution in [0, 0.1) is 6.92 Å². The predicted molar refractivity (Wildman–Crippen MR) is 54.3 cm³/mol. The van der Waals surface area contributed by atoms with Crippen LogP contribution >= 0.6 is 11.8 Å². The van der Waals surface area contributed by atoms with Crippen molar-refractivity contribution in [2.75, 3.05) is 19.0 Å². The number of aliphatic hydroxyl groups is 1. The van der Waals surface area contributed by atoms with Crippen molar-refractivity contribution in [3.63, 3.8) is 0 Å². The molecule has 0 saturated heterocycles. The summed E-state index contributed by atoms with van der Waals surface area (Å²) >= 11 is 1.42. The molecule has 0 spiro atoms. The molecular formula is C8H15N3O2S. The number of aliphatic hydroxyl groups excluding tert-OH is 1. The predicted octanol–water partition coefficient (Wildman–Crippen LogP) is 0.603. The lowest BCUT2D eigenvalue weighted by molar-refractivity contribution is 0.0551. The van der Waals surface area contributed by atoms with Crippen LogP contribution in [0.15, 0.2) is 5.16 Å². The molecule has 1 unspecified atom stereocenters. The minimum Gasteiger partial charge on any atom is -0.390 e. The zero-order chi connectivity index (χ0) is 10.4. The van der Waals surface area contributed by atoms with Crippen molar-refractivity contribution < 1.29 is 9.84 Å². The molecule has 1 atom stereocenters. The van der Waals surface area contributed by atoms with E-state index in [4.69, 9.17) is 4.74 Å². The molecule has 0 bridgehead atoms. The Hall–Kier alpha value is -0.590. The first-order valence-corrected chi connectivity index (χ1v) is 5.48. The summed E-state index contributed by atoms with van der Waals surface area (Å²) < 4.78 is 5.08. The molecule has 1 aromatic heterocycles. The van der Waals surface area contributed by atoms with Crippen molar-refractivity contribution >= 4 is 11.8 Å². The maximum Gasteiger partial charge on any atom is 0.208 e. The van der Waals surface area contributed by atoms with E-state index >= 15 is 0 Å². The third-order valence-electron chi connectivity index (χ3n) is 1.50. The SMILES string of the molecule is CCOCC(O)CSc1n[nH]c(C)n1. The van der Waals surface area contributed by atoms with Crippen LogP contribution in [0.2, 0.25) is 0 Å². The number of aromatic amines is 1. The Morgan fingerprint density at radius 2 is 2.43 bits per heavy atom. The van der Waals surface area contributed by atoms with E-state index in [1.807, 2.05) is 13.8 Å². The fourth-order valence-corrected chi connectivity index (χ4v) is 1.61. The summed E-state index contributed by atoms with van der Waals surface area (Å²) in [4.78, 5) is 4.11. The van der Waals surface area contributed by atoms with Crippen molar-refractivity contribution in [3.8, 4) is 0 Å². The average molecular weight is 217 g/mol. The average Bonchev–Trinajstić information content (AvgIpc) is 2.58. The summed E-state index contributed by atoms with van der Waals surface area (Å²) in [6.45, 7) is 4.74. The molecule has 6 heteroatoms. The molecule has 1 rings (SSSR count). The van der Waals surface area contributed by atoms with Crippen molar-refractivity contribution in [1.82, 2.24) is 15.2 Å². The first kappa shape index (κ1) is 11.5. The topological polar surface area (TPSA) is 71.0 Å². The molecule has 0 fully saturated rings. The molecule has 0 saturated carbocycles. The number of thioether (sulfide) groups is 1. The van der Waals surface area contributed by atoms with E-state index in [0.717, 1.165) is 5.82 Å². The Kier molecular flexibility index (Phi) is 4.92. The van der Waals surface area contributed by atoms with Gasteiger partial charge in [-0.15, -0.1) is 5.10 Å². The number of ether oxygens (including phenoxy) is 1. The molecule has 80 valence electrons. The van der Waals surface area contributed by atoms with Crippen molar-refractivity contribution in [2.45, 2.75) is 25.1 Å². The summed E-state index contributed by atoms with van der Waals surface area (Å²) in [5.41, 5.74) is 0. The highest BCUT2D eigenvalue weighted by molar-refractivity contribution is 7.99. The van der Waals surface area contributed by atoms with E-state index in [2.05, 4.69) is 15.2 Å². The van der Waals surface area contributed by atoms with Crippen LogP contribution in [0.1, 0.15) is 12.7 Å². The molecule has 14 heavy (non-hydrogen) atoms. The quantitative estimate of drug-likeness (QED) is 0.683. The van der Waals surface area contributed by atoms with Crippen LogP contribution in [-0.4, -0.2) is 45.4 Å². The molecule has 2 N–H and O–H groups in total. The molecule has 0 aliphatic carbocycles. The van der Waals surface area contributed by atoms with Crippen LogP contribution in [0.3, 0.4) is 0 Å². The molecular weight excluding hydrogens is 202 g/mol. The van der Waals surface area contributed by atoms with Crippen LogP contribution in [0.25, 0.3) is 0 Å². The van der Waals surface area contributed by atoms with Crippen LogP contribution < -0.4 is 0 Å². The maximum atomic E-state index is 9.44. The number of rotatable bonds is 6. The van der Waals surface area contributed by atoms with Gasteiger partial charge in [-0.05, 0) is 13.8 Å². The van der Waals surface area contributed by atoms with Gasteiger partial charge in [0.15, 0.2) is 0 Å². The zero-order valence-corrected chi connectivity index (χ0v) is 9.17. The third-order valence-corrected chi connectivity index (χ3v) is 2.49. The van der Waals surface area contributed by atoms with Crippen molar-refractivity contribution in [2.24, 2.45) is 0 Å². The van der Waals surface area contributed by atoms with E-state index in [1.165, 1.54) is 11.8 Å². The van der Waals surface area contributed by atoms with Gasteiger partial charge in [0, 0.05) is 12.4 Å². The van der Waals surface area contributed by atoms with Gasteiger partial charge >= 0.3 is 0 Å². The van der Waals surface area contributed by atoms with Gasteiger partial charge in [0.25, 0.3) is 0 Å². The van der Waals surface area contributed by atoms with Gasteiger partial charge in [-0.25, -0.2) is 4.98 Å². The Morgan fingerprint density at radius 1 is 1.64 bits per heavy atom. The lowest BCUT2D eigenvalue weighted by atomic mass is 10.4. The molecule has 0 aliphatic rings. The molecule has 0 radical (unpaired) electrons. The largest absolute Gasteiger partial charge is 0.390 e. The minimum atomic E-state index is -0.459. The van der Waals surface area contributed by atoms with Crippen LogP contribution in [0.5, 0.6) is 0 Å². The highest BCUT2D eigenvalue weighted by atomic mass is 32.2. The summed E-state index contributed by atoms with van der Waals surface area (Å²) in [6, 6.07) is 0. The lowest BCUT2D eigenvalue weighted by Gasteiger charge is -2.07. The first-order valence-electron chi connectivity index (χ1n) is 4.50. The first-order chi connectivity index (χ1) is 6.72. The summed E-state index contributed by atoms with van der Waals surface area (Å²) in [5, 5.41) is 16.8. The maximum absolute atomic E-state index is 9.44. The summed E-state index contributed by atoms with van der Waals surface area (Å²) in [5.74, 6) is 1.34. The van der Waals surface area contributed by atoms with Crippen LogP contribution in [0.4, 0.5) is 0 Å². The fraction of sp³-hybridized carbons (Fsp3) is 0.750. The second-order valence-electron chi connectivity index (χ2n) is 2.83. The highest BCUT2D eigenvalue weighted by Crippen LogP contribution is 2.13. The Balaban J connectivity index is 2.20. The molecule has 0 aliphatic heterocycles. The van der Waals surface area contributed by atoms with E-state index < -0.39 is 6.10 Å². The third kappa shape index (κ3) is 4.08. The van der Waals surface area contributed by atoms with Gasteiger partial charge in [-0.3, -0.25) is 5.10 Å². The summed E-state index contributed by atoms with van der Waals surface area (Å²) in [6.07, 6.45) is -0.459. The highest BCUT2D eigenvalue weighted by Gasteiger charge is 2.07. The van der Waals surface area contributed by atoms with Gasteiger partial charge in [-0.2, -0.15) is 0 Å². The fourth-order valence-electron chi connectivity index (χ4n) is 0.859. The molecule has 1 heterocycles. The lowest BCUT2D eigenvalue weighted by Crippen LogP contribution is -2.17. The van der Waals surface area contributed by atoms with E-state index in [1.54, 1.807) is 0 Å². The Labute approximate surface area is 87.3 Å².